The maximum Gasteiger partial charge on any atom is 0.252 e. The van der Waals surface area contributed by atoms with E-state index < -0.39 is 0 Å². The minimum atomic E-state index is 0.0609. The second-order valence-corrected chi connectivity index (χ2v) is 6.45. The summed E-state index contributed by atoms with van der Waals surface area (Å²) >= 11 is 2.16. The van der Waals surface area contributed by atoms with Crippen molar-refractivity contribution in [2.45, 2.75) is 32.7 Å². The molecule has 0 radical (unpaired) electrons. The Morgan fingerprint density at radius 2 is 1.90 bits per heavy atom. The molecule has 0 atom stereocenters. The Hall–Kier alpha value is -1.30. The standard InChI is InChI=1S/C16H16INO2/c1-10-4-3-5-11(2)16(10)20-14-9-18(12-6-7-12)15(19)8-13(14)17/h3-5,8-9,12H,6-7H2,1-2H3. The molecule has 1 aromatic carbocycles. The minimum absolute atomic E-state index is 0.0609. The number of rotatable bonds is 3. The number of hydrogen-bond acceptors (Lipinski definition) is 2. The molecule has 1 saturated carbocycles. The van der Waals surface area contributed by atoms with Crippen LogP contribution in [0.1, 0.15) is 30.0 Å². The van der Waals surface area contributed by atoms with Crippen molar-refractivity contribution in [1.29, 1.82) is 0 Å². The van der Waals surface area contributed by atoms with E-state index in [9.17, 15) is 4.79 Å². The van der Waals surface area contributed by atoms with Crippen LogP contribution in [0.4, 0.5) is 0 Å². The Morgan fingerprint density at radius 3 is 2.50 bits per heavy atom. The molecule has 3 rings (SSSR count). The van der Waals surface area contributed by atoms with Crippen molar-refractivity contribution in [2.24, 2.45) is 0 Å². The van der Waals surface area contributed by atoms with Crippen LogP contribution in [0.25, 0.3) is 0 Å². The molecule has 0 N–H and O–H groups in total. The van der Waals surface area contributed by atoms with Crippen LogP contribution in [-0.4, -0.2) is 4.57 Å². The first-order valence-electron chi connectivity index (χ1n) is 6.72. The van der Waals surface area contributed by atoms with Gasteiger partial charge < -0.3 is 9.30 Å². The van der Waals surface area contributed by atoms with E-state index in [2.05, 4.69) is 22.6 Å². The van der Waals surface area contributed by atoms with Gasteiger partial charge in [0.2, 0.25) is 0 Å². The molecule has 1 aliphatic carbocycles. The zero-order valence-electron chi connectivity index (χ0n) is 11.5. The number of nitrogens with zero attached hydrogens (tertiary/aromatic N) is 1. The van der Waals surface area contributed by atoms with E-state index in [-0.39, 0.29) is 5.56 Å². The topological polar surface area (TPSA) is 31.2 Å². The zero-order chi connectivity index (χ0) is 14.3. The molecule has 1 heterocycles. The fourth-order valence-electron chi connectivity index (χ4n) is 2.29. The molecule has 4 heteroatoms. The third-order valence-corrected chi connectivity index (χ3v) is 4.40. The number of para-hydroxylation sites is 1. The molecular weight excluding hydrogens is 365 g/mol. The fraction of sp³-hybridized carbons (Fsp3) is 0.312. The number of aryl methyl sites for hydroxylation is 2. The van der Waals surface area contributed by atoms with Crippen LogP contribution in [-0.2, 0) is 0 Å². The summed E-state index contributed by atoms with van der Waals surface area (Å²) in [5.74, 6) is 1.64. The molecule has 1 aliphatic rings. The monoisotopic (exact) mass is 381 g/mol. The number of hydrogen-bond donors (Lipinski definition) is 0. The van der Waals surface area contributed by atoms with Gasteiger partial charge in [0.1, 0.15) is 5.75 Å². The summed E-state index contributed by atoms with van der Waals surface area (Å²) in [6.07, 6.45) is 4.03. The van der Waals surface area contributed by atoms with Crippen LogP contribution in [0.5, 0.6) is 11.5 Å². The lowest BCUT2D eigenvalue weighted by Crippen LogP contribution is -2.18. The predicted molar refractivity (Wildman–Crippen MR) is 87.7 cm³/mol. The average molecular weight is 381 g/mol. The Labute approximate surface area is 131 Å². The van der Waals surface area contributed by atoms with Gasteiger partial charge in [-0.25, -0.2) is 0 Å². The summed E-state index contributed by atoms with van der Waals surface area (Å²) in [5.41, 5.74) is 2.26. The first-order valence-corrected chi connectivity index (χ1v) is 7.80. The van der Waals surface area contributed by atoms with Crippen LogP contribution in [0.3, 0.4) is 0 Å². The number of pyridine rings is 1. The minimum Gasteiger partial charge on any atom is -0.454 e. The van der Waals surface area contributed by atoms with Crippen molar-refractivity contribution >= 4 is 22.6 Å². The summed E-state index contributed by atoms with van der Waals surface area (Å²) in [4.78, 5) is 12.0. The third kappa shape index (κ3) is 2.61. The first-order chi connectivity index (χ1) is 9.56. The summed E-state index contributed by atoms with van der Waals surface area (Å²) in [7, 11) is 0. The molecule has 0 unspecified atom stereocenters. The van der Waals surface area contributed by atoms with Gasteiger partial charge in [-0.1, -0.05) is 18.2 Å². The molecule has 0 amide bonds. The van der Waals surface area contributed by atoms with Gasteiger partial charge in [-0.15, -0.1) is 0 Å². The van der Waals surface area contributed by atoms with Gasteiger partial charge in [0.15, 0.2) is 5.75 Å². The van der Waals surface area contributed by atoms with Gasteiger partial charge >= 0.3 is 0 Å². The maximum atomic E-state index is 12.0. The smallest absolute Gasteiger partial charge is 0.252 e. The van der Waals surface area contributed by atoms with Crippen molar-refractivity contribution in [2.75, 3.05) is 0 Å². The van der Waals surface area contributed by atoms with Gasteiger partial charge in [0, 0.05) is 12.1 Å². The van der Waals surface area contributed by atoms with Gasteiger partial charge in [0.05, 0.1) is 9.77 Å². The fourth-order valence-corrected chi connectivity index (χ4v) is 2.80. The van der Waals surface area contributed by atoms with Crippen LogP contribution < -0.4 is 10.3 Å². The normalized spacial score (nSPS) is 14.3. The van der Waals surface area contributed by atoms with E-state index in [1.807, 2.05) is 38.2 Å². The molecule has 0 aliphatic heterocycles. The van der Waals surface area contributed by atoms with Crippen molar-refractivity contribution < 1.29 is 4.74 Å². The maximum absolute atomic E-state index is 12.0. The highest BCUT2D eigenvalue weighted by Gasteiger charge is 2.25. The predicted octanol–water partition coefficient (Wildman–Crippen LogP) is 4.20. The number of ether oxygens (including phenoxy) is 1. The molecule has 0 saturated heterocycles. The van der Waals surface area contributed by atoms with Gasteiger partial charge in [0.25, 0.3) is 5.56 Å². The van der Waals surface area contributed by atoms with Crippen molar-refractivity contribution in [3.63, 3.8) is 0 Å². The van der Waals surface area contributed by atoms with Crippen molar-refractivity contribution in [3.8, 4) is 11.5 Å². The van der Waals surface area contributed by atoms with Crippen LogP contribution in [0, 0.1) is 17.4 Å². The molecule has 3 nitrogen and oxygen atoms in total. The summed E-state index contributed by atoms with van der Waals surface area (Å²) < 4.78 is 8.73. The van der Waals surface area contributed by atoms with Crippen LogP contribution in [0.15, 0.2) is 35.3 Å². The second kappa shape index (κ2) is 5.24. The van der Waals surface area contributed by atoms with Gasteiger partial charge in [-0.05, 0) is 60.4 Å². The van der Waals surface area contributed by atoms with E-state index >= 15 is 0 Å². The number of benzene rings is 1. The lowest BCUT2D eigenvalue weighted by Gasteiger charge is -2.14. The Bertz CT molecular complexity index is 697. The van der Waals surface area contributed by atoms with Crippen LogP contribution >= 0.6 is 22.6 Å². The van der Waals surface area contributed by atoms with Gasteiger partial charge in [-0.2, -0.15) is 0 Å². The lowest BCUT2D eigenvalue weighted by atomic mass is 10.1. The zero-order valence-corrected chi connectivity index (χ0v) is 13.7. The first kappa shape index (κ1) is 13.7. The Morgan fingerprint density at radius 1 is 1.25 bits per heavy atom. The average Bonchev–Trinajstić information content (AvgIpc) is 3.20. The highest BCUT2D eigenvalue weighted by molar-refractivity contribution is 14.1. The van der Waals surface area contributed by atoms with E-state index in [4.69, 9.17) is 4.74 Å². The Balaban J connectivity index is 2.02. The van der Waals surface area contributed by atoms with E-state index in [1.54, 1.807) is 10.6 Å². The molecule has 2 aromatic rings. The van der Waals surface area contributed by atoms with Gasteiger partial charge in [-0.3, -0.25) is 4.79 Å². The molecular formula is C16H16INO2. The molecule has 0 bridgehead atoms. The highest BCUT2D eigenvalue weighted by atomic mass is 127. The second-order valence-electron chi connectivity index (χ2n) is 5.29. The SMILES string of the molecule is Cc1cccc(C)c1Oc1cn(C2CC2)c(=O)cc1I. The molecule has 0 spiro atoms. The third-order valence-electron chi connectivity index (χ3n) is 3.56. The quantitative estimate of drug-likeness (QED) is 0.747. The number of aromatic nitrogens is 1. The summed E-state index contributed by atoms with van der Waals surface area (Å²) in [6, 6.07) is 8.10. The number of halogens is 1. The van der Waals surface area contributed by atoms with E-state index in [0.29, 0.717) is 6.04 Å². The van der Waals surface area contributed by atoms with E-state index in [1.165, 1.54) is 0 Å². The summed E-state index contributed by atoms with van der Waals surface area (Å²) in [5, 5.41) is 0. The van der Waals surface area contributed by atoms with Crippen LogP contribution in [0.2, 0.25) is 0 Å². The molecule has 1 fully saturated rings. The van der Waals surface area contributed by atoms with Crippen molar-refractivity contribution in [1.82, 2.24) is 4.57 Å². The summed E-state index contributed by atoms with van der Waals surface area (Å²) in [6.45, 7) is 4.07. The van der Waals surface area contributed by atoms with Crippen molar-refractivity contribution in [3.05, 3.63) is 55.5 Å². The molecule has 1 aromatic heterocycles. The van der Waals surface area contributed by atoms with E-state index in [0.717, 1.165) is 39.0 Å². The molecule has 20 heavy (non-hydrogen) atoms. The lowest BCUT2D eigenvalue weighted by molar-refractivity contribution is 0.462. The highest BCUT2D eigenvalue weighted by Crippen LogP contribution is 2.36. The Kier molecular flexibility index (Phi) is 3.58. The largest absolute Gasteiger partial charge is 0.454 e. The molecule has 104 valence electrons.